The van der Waals surface area contributed by atoms with E-state index in [9.17, 15) is 14.5 Å². The summed E-state index contributed by atoms with van der Waals surface area (Å²) in [5.74, 6) is -0.638. The van der Waals surface area contributed by atoms with E-state index in [0.717, 1.165) is 18.3 Å². The topological polar surface area (TPSA) is 73.0 Å². The van der Waals surface area contributed by atoms with Crippen molar-refractivity contribution in [3.8, 4) is 0 Å². The van der Waals surface area contributed by atoms with Gasteiger partial charge in [-0.15, -0.1) is 0 Å². The number of benzene rings is 1. The van der Waals surface area contributed by atoms with E-state index in [0.29, 0.717) is 12.2 Å². The van der Waals surface area contributed by atoms with Crippen molar-refractivity contribution in [2.45, 2.75) is 20.0 Å². The minimum absolute atomic E-state index is 0.272. The molecule has 0 saturated carbocycles. The highest BCUT2D eigenvalue weighted by atomic mass is 19.1. The first-order valence-electron chi connectivity index (χ1n) is 5.79. The van der Waals surface area contributed by atoms with Crippen molar-refractivity contribution in [2.75, 3.05) is 5.32 Å². The number of rotatable bonds is 5. The van der Waals surface area contributed by atoms with Crippen LogP contribution in [0.1, 0.15) is 12.6 Å². The van der Waals surface area contributed by atoms with Crippen molar-refractivity contribution < 1.29 is 9.31 Å². The number of aryl methyl sites for hydroxylation is 1. The Morgan fingerprint density at radius 1 is 1.47 bits per heavy atom. The second-order valence-electron chi connectivity index (χ2n) is 3.95. The molecule has 0 saturated heterocycles. The molecule has 0 unspecified atom stereocenters. The fraction of sp³-hybridized carbons (Fsp3) is 0.250. The smallest absolute Gasteiger partial charge is 0.274 e. The van der Waals surface area contributed by atoms with Gasteiger partial charge in [0, 0.05) is 24.5 Å². The summed E-state index contributed by atoms with van der Waals surface area (Å²) in [4.78, 5) is 10.0. The third-order valence-corrected chi connectivity index (χ3v) is 2.67. The number of anilines is 1. The van der Waals surface area contributed by atoms with E-state index in [-0.39, 0.29) is 5.69 Å². The third kappa shape index (κ3) is 3.06. The zero-order valence-electron chi connectivity index (χ0n) is 10.3. The Bertz CT molecular complexity index is 597. The maximum absolute atomic E-state index is 13.2. The van der Waals surface area contributed by atoms with Gasteiger partial charge >= 0.3 is 0 Å². The number of hydrogen-bond donors (Lipinski definition) is 1. The summed E-state index contributed by atoms with van der Waals surface area (Å²) in [6.45, 7) is 3.12. The number of aromatic nitrogens is 2. The molecule has 0 aliphatic carbocycles. The highest BCUT2D eigenvalue weighted by molar-refractivity contribution is 5.51. The van der Waals surface area contributed by atoms with Gasteiger partial charge in [0.2, 0.25) is 0 Å². The van der Waals surface area contributed by atoms with Crippen molar-refractivity contribution in [3.63, 3.8) is 0 Å². The van der Waals surface area contributed by atoms with Crippen LogP contribution < -0.4 is 5.32 Å². The predicted molar refractivity (Wildman–Crippen MR) is 68.3 cm³/mol. The molecule has 1 heterocycles. The summed E-state index contributed by atoms with van der Waals surface area (Å²) in [6.07, 6.45) is 1.68. The van der Waals surface area contributed by atoms with E-state index in [1.165, 1.54) is 12.1 Å². The van der Waals surface area contributed by atoms with Gasteiger partial charge in [0.1, 0.15) is 5.82 Å². The van der Waals surface area contributed by atoms with Crippen molar-refractivity contribution in [1.29, 1.82) is 0 Å². The first kappa shape index (κ1) is 13.0. The van der Waals surface area contributed by atoms with Crippen molar-refractivity contribution in [2.24, 2.45) is 0 Å². The van der Waals surface area contributed by atoms with Crippen LogP contribution in [-0.2, 0) is 13.1 Å². The molecule has 2 aromatic rings. The van der Waals surface area contributed by atoms with Crippen LogP contribution in [0.4, 0.5) is 15.8 Å². The lowest BCUT2D eigenvalue weighted by Crippen LogP contribution is -2.08. The van der Waals surface area contributed by atoms with E-state index < -0.39 is 10.7 Å². The van der Waals surface area contributed by atoms with Crippen molar-refractivity contribution in [3.05, 3.63) is 52.1 Å². The molecule has 1 N–H and O–H groups in total. The van der Waals surface area contributed by atoms with Crippen molar-refractivity contribution >= 4 is 11.4 Å². The molecular weight excluding hydrogens is 251 g/mol. The molecule has 1 aromatic carbocycles. The molecule has 1 aromatic heterocycles. The molecule has 100 valence electrons. The van der Waals surface area contributed by atoms with Crippen LogP contribution in [0.5, 0.6) is 0 Å². The van der Waals surface area contributed by atoms with Gasteiger partial charge < -0.3 is 5.32 Å². The monoisotopic (exact) mass is 264 g/mol. The molecule has 0 aliphatic heterocycles. The Morgan fingerprint density at radius 2 is 2.26 bits per heavy atom. The number of halogens is 1. The van der Waals surface area contributed by atoms with Crippen LogP contribution in [0.15, 0.2) is 30.5 Å². The number of hydrogen-bond acceptors (Lipinski definition) is 4. The summed E-state index contributed by atoms with van der Waals surface area (Å²) in [7, 11) is 0. The maximum atomic E-state index is 13.2. The van der Waals surface area contributed by atoms with Gasteiger partial charge in [-0.3, -0.25) is 14.8 Å². The molecule has 19 heavy (non-hydrogen) atoms. The zero-order valence-corrected chi connectivity index (χ0v) is 10.3. The molecule has 0 fully saturated rings. The van der Waals surface area contributed by atoms with E-state index >= 15 is 0 Å². The van der Waals surface area contributed by atoms with Gasteiger partial charge in [-0.25, -0.2) is 4.39 Å². The fourth-order valence-corrected chi connectivity index (χ4v) is 1.77. The van der Waals surface area contributed by atoms with Gasteiger partial charge in [0.25, 0.3) is 5.69 Å². The highest BCUT2D eigenvalue weighted by Gasteiger charge is 2.10. The molecule has 0 spiro atoms. The van der Waals surface area contributed by atoms with Gasteiger partial charge in [0.05, 0.1) is 23.2 Å². The number of nitro benzene ring substituents is 1. The SMILES string of the molecule is CCn1nccc1CNc1cc(F)cc([N+](=O)[O-])c1. The van der Waals surface area contributed by atoms with Gasteiger partial charge in [-0.1, -0.05) is 0 Å². The first-order chi connectivity index (χ1) is 9.10. The minimum Gasteiger partial charge on any atom is -0.379 e. The third-order valence-electron chi connectivity index (χ3n) is 2.67. The fourth-order valence-electron chi connectivity index (χ4n) is 1.77. The summed E-state index contributed by atoms with van der Waals surface area (Å²) in [5, 5.41) is 17.7. The summed E-state index contributed by atoms with van der Waals surface area (Å²) in [5.41, 5.74) is 1.02. The molecule has 6 nitrogen and oxygen atoms in total. The molecule has 0 aliphatic rings. The molecule has 7 heteroatoms. The normalized spacial score (nSPS) is 10.4. The van der Waals surface area contributed by atoms with Gasteiger partial charge in [-0.2, -0.15) is 5.10 Å². The van der Waals surface area contributed by atoms with E-state index in [1.807, 2.05) is 13.0 Å². The number of non-ortho nitro benzene ring substituents is 1. The summed E-state index contributed by atoms with van der Waals surface area (Å²) in [6, 6.07) is 5.25. The van der Waals surface area contributed by atoms with E-state index in [2.05, 4.69) is 10.4 Å². The lowest BCUT2D eigenvalue weighted by atomic mass is 10.2. The number of nitrogens with zero attached hydrogens (tertiary/aromatic N) is 3. The van der Waals surface area contributed by atoms with E-state index in [4.69, 9.17) is 0 Å². The average molecular weight is 264 g/mol. The second-order valence-corrected chi connectivity index (χ2v) is 3.95. The van der Waals surface area contributed by atoms with Crippen LogP contribution in [0, 0.1) is 15.9 Å². The maximum Gasteiger partial charge on any atom is 0.274 e. The van der Waals surface area contributed by atoms with Crippen LogP contribution in [-0.4, -0.2) is 14.7 Å². The first-order valence-corrected chi connectivity index (χ1v) is 5.79. The Kier molecular flexibility index (Phi) is 3.74. The largest absolute Gasteiger partial charge is 0.379 e. The Balaban J connectivity index is 2.13. The molecule has 0 atom stereocenters. The van der Waals surface area contributed by atoms with Crippen LogP contribution in [0.3, 0.4) is 0 Å². The Labute approximate surface area is 109 Å². The van der Waals surface area contributed by atoms with Gasteiger partial charge in [0.15, 0.2) is 0 Å². The molecule has 0 amide bonds. The van der Waals surface area contributed by atoms with Crippen molar-refractivity contribution in [1.82, 2.24) is 9.78 Å². The highest BCUT2D eigenvalue weighted by Crippen LogP contribution is 2.20. The second kappa shape index (κ2) is 5.47. The average Bonchev–Trinajstić information content (AvgIpc) is 2.83. The molecule has 2 rings (SSSR count). The van der Waals surface area contributed by atoms with Crippen LogP contribution in [0.25, 0.3) is 0 Å². The molecule has 0 bridgehead atoms. The lowest BCUT2D eigenvalue weighted by molar-refractivity contribution is -0.385. The number of nitrogens with one attached hydrogen (secondary N) is 1. The Morgan fingerprint density at radius 3 is 2.95 bits per heavy atom. The summed E-state index contributed by atoms with van der Waals surface area (Å²) >= 11 is 0. The van der Waals surface area contributed by atoms with Crippen LogP contribution in [0.2, 0.25) is 0 Å². The van der Waals surface area contributed by atoms with E-state index in [1.54, 1.807) is 10.9 Å². The predicted octanol–water partition coefficient (Wildman–Crippen LogP) is 2.56. The zero-order chi connectivity index (χ0) is 13.8. The minimum atomic E-state index is -0.638. The standard InChI is InChI=1S/C12H13FN4O2/c1-2-16-11(3-4-15-16)8-14-10-5-9(13)6-12(7-10)17(18)19/h3-7,14H,2,8H2,1H3. The summed E-state index contributed by atoms with van der Waals surface area (Å²) < 4.78 is 15.0. The molecule has 0 radical (unpaired) electrons. The lowest BCUT2D eigenvalue weighted by Gasteiger charge is -2.08. The molecular formula is C12H13FN4O2. The number of nitro groups is 1. The quantitative estimate of drug-likeness (QED) is 0.665. The van der Waals surface area contributed by atoms with Gasteiger partial charge in [-0.05, 0) is 19.1 Å². The Hall–Kier alpha value is -2.44. The van der Waals surface area contributed by atoms with Crippen LogP contribution >= 0.6 is 0 Å².